The van der Waals surface area contributed by atoms with Crippen molar-refractivity contribution in [2.45, 2.75) is 6.92 Å². The highest BCUT2D eigenvalue weighted by Gasteiger charge is 2.09. The van der Waals surface area contributed by atoms with Crippen molar-refractivity contribution in [2.24, 2.45) is 0 Å². The summed E-state index contributed by atoms with van der Waals surface area (Å²) >= 11 is 0. The molecule has 128 valence electrons. The maximum atomic E-state index is 12.1. The maximum Gasteiger partial charge on any atom is 0.263 e. The molecule has 0 saturated heterocycles. The first-order valence-corrected chi connectivity index (χ1v) is 7.55. The number of benzene rings is 1. The third-order valence-electron chi connectivity index (χ3n) is 3.34. The Kier molecular flexibility index (Phi) is 4.89. The van der Waals surface area contributed by atoms with Crippen LogP contribution in [0.25, 0.3) is 5.82 Å². The van der Waals surface area contributed by atoms with Crippen LogP contribution >= 0.6 is 0 Å². The normalized spacial score (nSPS) is 10.3. The minimum absolute atomic E-state index is 0.166. The number of anilines is 1. The summed E-state index contributed by atoms with van der Waals surface area (Å²) < 4.78 is 12.3. The summed E-state index contributed by atoms with van der Waals surface area (Å²) in [5.74, 6) is 1.66. The van der Waals surface area contributed by atoms with Crippen molar-refractivity contribution in [2.75, 3.05) is 19.0 Å². The van der Waals surface area contributed by atoms with E-state index < -0.39 is 0 Å². The third-order valence-corrected chi connectivity index (χ3v) is 3.34. The number of amides is 1. The monoisotopic (exact) mass is 339 g/mol. The van der Waals surface area contributed by atoms with Crippen molar-refractivity contribution in [1.29, 1.82) is 0 Å². The number of aromatic nitrogens is 4. The Hall–Kier alpha value is -3.42. The molecule has 0 aliphatic carbocycles. The summed E-state index contributed by atoms with van der Waals surface area (Å²) in [6.45, 7) is 1.78. The fourth-order valence-electron chi connectivity index (χ4n) is 2.16. The molecule has 0 unspecified atom stereocenters. The zero-order valence-corrected chi connectivity index (χ0v) is 13.8. The number of carbonyl (C=O) groups excluding carboxylic acids is 1. The van der Waals surface area contributed by atoms with Gasteiger partial charge in [0.05, 0.1) is 7.11 Å². The number of aryl methyl sites for hydroxylation is 1. The van der Waals surface area contributed by atoms with Crippen molar-refractivity contribution < 1.29 is 14.3 Å². The van der Waals surface area contributed by atoms with Gasteiger partial charge in [-0.15, -0.1) is 0 Å². The molecule has 8 nitrogen and oxygen atoms in total. The molecule has 3 aromatic rings. The van der Waals surface area contributed by atoms with Crippen LogP contribution in [-0.2, 0) is 4.79 Å². The summed E-state index contributed by atoms with van der Waals surface area (Å²) in [7, 11) is 1.55. The van der Waals surface area contributed by atoms with Gasteiger partial charge in [-0.25, -0.2) is 14.6 Å². The van der Waals surface area contributed by atoms with Gasteiger partial charge in [-0.3, -0.25) is 4.79 Å². The molecule has 0 spiro atoms. The predicted molar refractivity (Wildman–Crippen MR) is 91.0 cm³/mol. The highest BCUT2D eigenvalue weighted by molar-refractivity contribution is 5.91. The maximum absolute atomic E-state index is 12.1. The quantitative estimate of drug-likeness (QED) is 0.738. The highest BCUT2D eigenvalue weighted by Crippen LogP contribution is 2.27. The van der Waals surface area contributed by atoms with E-state index in [2.05, 4.69) is 20.4 Å². The Bertz CT molecular complexity index is 864. The minimum Gasteiger partial charge on any atom is -0.493 e. The summed E-state index contributed by atoms with van der Waals surface area (Å²) in [4.78, 5) is 20.2. The zero-order valence-electron chi connectivity index (χ0n) is 13.8. The van der Waals surface area contributed by atoms with Crippen LogP contribution in [0, 0.1) is 6.92 Å². The van der Waals surface area contributed by atoms with Crippen LogP contribution in [-0.4, -0.2) is 39.4 Å². The average Bonchev–Trinajstić information content (AvgIpc) is 3.15. The van der Waals surface area contributed by atoms with Gasteiger partial charge in [0.15, 0.2) is 23.9 Å². The second kappa shape index (κ2) is 7.43. The first kappa shape index (κ1) is 16.4. The van der Waals surface area contributed by atoms with Crippen molar-refractivity contribution >= 4 is 11.7 Å². The molecule has 2 heterocycles. The van der Waals surface area contributed by atoms with Crippen LogP contribution in [0.5, 0.6) is 11.5 Å². The number of rotatable bonds is 6. The second-order valence-corrected chi connectivity index (χ2v) is 5.20. The Balaban J connectivity index is 1.63. The standard InChI is InChI=1S/C17H17N5O3/c1-12-4-5-13(14(8-12)24-2)25-10-17(23)21-15-9-16(19-11-18-15)22-7-3-6-20-22/h3-9,11H,10H2,1-2H3,(H,18,19,21,23). The number of nitrogens with one attached hydrogen (secondary N) is 1. The summed E-state index contributed by atoms with van der Waals surface area (Å²) in [5.41, 5.74) is 1.04. The average molecular weight is 339 g/mol. The molecule has 0 atom stereocenters. The van der Waals surface area contributed by atoms with Gasteiger partial charge in [-0.05, 0) is 30.7 Å². The molecule has 0 aliphatic rings. The van der Waals surface area contributed by atoms with Gasteiger partial charge in [0.2, 0.25) is 0 Å². The molecule has 1 aromatic carbocycles. The van der Waals surface area contributed by atoms with Crippen LogP contribution in [0.2, 0.25) is 0 Å². The zero-order chi connectivity index (χ0) is 17.6. The topological polar surface area (TPSA) is 91.2 Å². The second-order valence-electron chi connectivity index (χ2n) is 5.20. The number of carbonyl (C=O) groups is 1. The minimum atomic E-state index is -0.340. The van der Waals surface area contributed by atoms with Crippen LogP contribution < -0.4 is 14.8 Å². The smallest absolute Gasteiger partial charge is 0.263 e. The number of hydrogen-bond acceptors (Lipinski definition) is 6. The Morgan fingerprint density at radius 2 is 2.12 bits per heavy atom. The number of hydrogen-bond donors (Lipinski definition) is 1. The van der Waals surface area contributed by atoms with Crippen LogP contribution in [0.4, 0.5) is 5.82 Å². The van der Waals surface area contributed by atoms with E-state index in [9.17, 15) is 4.79 Å². The van der Waals surface area contributed by atoms with E-state index in [0.717, 1.165) is 5.56 Å². The van der Waals surface area contributed by atoms with Crippen molar-refractivity contribution in [3.63, 3.8) is 0 Å². The summed E-state index contributed by atoms with van der Waals surface area (Å²) in [6.07, 6.45) is 4.75. The van der Waals surface area contributed by atoms with Gasteiger partial charge in [-0.1, -0.05) is 6.07 Å². The van der Waals surface area contributed by atoms with Gasteiger partial charge in [0.25, 0.3) is 5.91 Å². The van der Waals surface area contributed by atoms with E-state index in [0.29, 0.717) is 23.1 Å². The Morgan fingerprint density at radius 3 is 2.88 bits per heavy atom. The molecular weight excluding hydrogens is 322 g/mol. The highest BCUT2D eigenvalue weighted by atomic mass is 16.5. The van der Waals surface area contributed by atoms with Gasteiger partial charge in [-0.2, -0.15) is 5.10 Å². The van der Waals surface area contributed by atoms with E-state index in [1.165, 1.54) is 6.33 Å². The Labute approximate surface area is 144 Å². The van der Waals surface area contributed by atoms with E-state index in [1.54, 1.807) is 42.4 Å². The van der Waals surface area contributed by atoms with Gasteiger partial charge in [0.1, 0.15) is 12.1 Å². The fraction of sp³-hybridized carbons (Fsp3) is 0.176. The van der Waals surface area contributed by atoms with E-state index in [1.807, 2.05) is 19.1 Å². The molecule has 0 fully saturated rings. The summed E-state index contributed by atoms with van der Waals surface area (Å²) in [5, 5.41) is 6.75. The molecule has 2 aromatic heterocycles. The van der Waals surface area contributed by atoms with Gasteiger partial charge in [0, 0.05) is 18.5 Å². The molecule has 0 radical (unpaired) electrons. The third kappa shape index (κ3) is 4.11. The first-order valence-electron chi connectivity index (χ1n) is 7.55. The largest absolute Gasteiger partial charge is 0.493 e. The molecule has 8 heteroatoms. The molecule has 3 rings (SSSR count). The molecule has 0 bridgehead atoms. The van der Waals surface area contributed by atoms with E-state index in [-0.39, 0.29) is 12.5 Å². The lowest BCUT2D eigenvalue weighted by atomic mass is 10.2. The lowest BCUT2D eigenvalue weighted by molar-refractivity contribution is -0.118. The fourth-order valence-corrected chi connectivity index (χ4v) is 2.16. The van der Waals surface area contributed by atoms with Crippen LogP contribution in [0.3, 0.4) is 0 Å². The number of methoxy groups -OCH3 is 1. The SMILES string of the molecule is COc1cc(C)ccc1OCC(=O)Nc1cc(-n2cccn2)ncn1. The molecule has 1 N–H and O–H groups in total. The number of ether oxygens (including phenoxy) is 2. The first-order chi connectivity index (χ1) is 12.2. The van der Waals surface area contributed by atoms with Crippen LogP contribution in [0.15, 0.2) is 49.1 Å². The molecule has 1 amide bonds. The lowest BCUT2D eigenvalue weighted by Gasteiger charge is -2.11. The van der Waals surface area contributed by atoms with E-state index in [4.69, 9.17) is 9.47 Å². The number of nitrogens with zero attached hydrogens (tertiary/aromatic N) is 4. The van der Waals surface area contributed by atoms with Gasteiger partial charge >= 0.3 is 0 Å². The summed E-state index contributed by atoms with van der Waals surface area (Å²) in [6, 6.07) is 8.90. The molecule has 0 saturated carbocycles. The van der Waals surface area contributed by atoms with E-state index >= 15 is 0 Å². The van der Waals surface area contributed by atoms with Crippen molar-refractivity contribution in [3.8, 4) is 17.3 Å². The van der Waals surface area contributed by atoms with Crippen molar-refractivity contribution in [3.05, 3.63) is 54.6 Å². The van der Waals surface area contributed by atoms with Crippen LogP contribution in [0.1, 0.15) is 5.56 Å². The Morgan fingerprint density at radius 1 is 1.24 bits per heavy atom. The lowest BCUT2D eigenvalue weighted by Crippen LogP contribution is -2.21. The van der Waals surface area contributed by atoms with Crippen molar-refractivity contribution in [1.82, 2.24) is 19.7 Å². The molecule has 25 heavy (non-hydrogen) atoms. The molecule has 0 aliphatic heterocycles. The van der Waals surface area contributed by atoms with Gasteiger partial charge < -0.3 is 14.8 Å². The molecular formula is C17H17N5O3. The predicted octanol–water partition coefficient (Wildman–Crippen LogP) is 2.00.